The minimum atomic E-state index is -0.126. The van der Waals surface area contributed by atoms with Crippen LogP contribution in [0.2, 0.25) is 5.02 Å². The van der Waals surface area contributed by atoms with Gasteiger partial charge in [0.15, 0.2) is 0 Å². The van der Waals surface area contributed by atoms with Gasteiger partial charge >= 0.3 is 0 Å². The number of ether oxygens (including phenoxy) is 1. The van der Waals surface area contributed by atoms with Crippen molar-refractivity contribution in [1.82, 2.24) is 14.5 Å². The maximum absolute atomic E-state index is 12.2. The molecule has 0 radical (unpaired) electrons. The maximum Gasteiger partial charge on any atom is 0.253 e. The molecule has 0 bridgehead atoms. The maximum atomic E-state index is 12.2. The molecule has 3 aromatic rings. The molecule has 0 fully saturated rings. The minimum Gasteiger partial charge on any atom is -0.384 e. The molecule has 26 heavy (non-hydrogen) atoms. The Kier molecular flexibility index (Phi) is 5.57. The molecule has 5 nitrogen and oxygen atoms in total. The van der Waals surface area contributed by atoms with Crippen LogP contribution in [0.4, 0.5) is 0 Å². The predicted molar refractivity (Wildman–Crippen MR) is 102 cm³/mol. The number of aromatic nitrogens is 3. The zero-order valence-corrected chi connectivity index (χ0v) is 15.3. The number of hydrogen-bond acceptors (Lipinski definition) is 3. The molecule has 0 unspecified atom stereocenters. The molecule has 0 aliphatic carbocycles. The van der Waals surface area contributed by atoms with E-state index in [1.165, 1.54) is 0 Å². The van der Waals surface area contributed by atoms with Crippen LogP contribution in [0.25, 0.3) is 5.69 Å². The third-order valence-electron chi connectivity index (χ3n) is 3.90. The molecular formula is C20H18ClN3O2. The van der Waals surface area contributed by atoms with Crippen molar-refractivity contribution in [2.45, 2.75) is 13.3 Å². The van der Waals surface area contributed by atoms with Crippen LogP contribution in [-0.2, 0) is 11.2 Å². The minimum absolute atomic E-state index is 0.126. The number of imidazole rings is 1. The number of pyridine rings is 1. The number of rotatable bonds is 4. The topological polar surface area (TPSA) is 59.9 Å². The standard InChI is InChI=1S/C20H18ClN3O2/c1-14-23-17(7-6-15-4-3-5-16(21)12-15)13-24(14)19-8-10-22-20(25)18(19)9-11-26-2/h3-5,8,10,12-13H,9,11H2,1-2H3,(H,22,25). The second-order valence-corrected chi connectivity index (χ2v) is 6.15. The lowest BCUT2D eigenvalue weighted by Crippen LogP contribution is -2.17. The van der Waals surface area contributed by atoms with Gasteiger partial charge in [0.25, 0.3) is 5.56 Å². The van der Waals surface area contributed by atoms with E-state index in [1.807, 2.05) is 35.9 Å². The molecule has 132 valence electrons. The highest BCUT2D eigenvalue weighted by atomic mass is 35.5. The Morgan fingerprint density at radius 3 is 2.92 bits per heavy atom. The lowest BCUT2D eigenvalue weighted by molar-refractivity contribution is 0.202. The first-order valence-corrected chi connectivity index (χ1v) is 8.49. The summed E-state index contributed by atoms with van der Waals surface area (Å²) in [5.74, 6) is 6.86. The number of aryl methyl sites for hydroxylation is 1. The number of aromatic amines is 1. The van der Waals surface area contributed by atoms with Gasteiger partial charge in [-0.1, -0.05) is 23.6 Å². The third-order valence-corrected chi connectivity index (χ3v) is 4.13. The molecule has 1 N–H and O–H groups in total. The number of methoxy groups -OCH3 is 1. The Balaban J connectivity index is 1.97. The molecule has 6 heteroatoms. The number of nitrogens with one attached hydrogen (secondary N) is 1. The third kappa shape index (κ3) is 4.05. The highest BCUT2D eigenvalue weighted by Crippen LogP contribution is 2.15. The first-order chi connectivity index (χ1) is 12.6. The Morgan fingerprint density at radius 2 is 2.15 bits per heavy atom. The average molecular weight is 368 g/mol. The molecular weight excluding hydrogens is 350 g/mol. The van der Waals surface area contributed by atoms with Crippen molar-refractivity contribution in [3.8, 4) is 17.5 Å². The van der Waals surface area contributed by atoms with Gasteiger partial charge in [0, 0.05) is 42.1 Å². The van der Waals surface area contributed by atoms with E-state index in [4.69, 9.17) is 16.3 Å². The van der Waals surface area contributed by atoms with Gasteiger partial charge in [0.1, 0.15) is 11.5 Å². The molecule has 1 aromatic carbocycles. The zero-order valence-electron chi connectivity index (χ0n) is 14.5. The van der Waals surface area contributed by atoms with E-state index in [-0.39, 0.29) is 5.56 Å². The van der Waals surface area contributed by atoms with Crippen molar-refractivity contribution in [2.24, 2.45) is 0 Å². The first kappa shape index (κ1) is 18.0. The summed E-state index contributed by atoms with van der Waals surface area (Å²) in [5.41, 5.74) is 2.76. The van der Waals surface area contributed by atoms with Crippen molar-refractivity contribution < 1.29 is 4.74 Å². The van der Waals surface area contributed by atoms with Gasteiger partial charge in [-0.15, -0.1) is 0 Å². The fourth-order valence-electron chi connectivity index (χ4n) is 2.65. The molecule has 0 aliphatic rings. The summed E-state index contributed by atoms with van der Waals surface area (Å²) in [6, 6.07) is 9.21. The summed E-state index contributed by atoms with van der Waals surface area (Å²) in [5, 5.41) is 0.643. The summed E-state index contributed by atoms with van der Waals surface area (Å²) < 4.78 is 6.99. The highest BCUT2D eigenvalue weighted by molar-refractivity contribution is 6.30. The van der Waals surface area contributed by atoms with E-state index in [2.05, 4.69) is 21.8 Å². The zero-order chi connectivity index (χ0) is 18.5. The lowest BCUT2D eigenvalue weighted by Gasteiger charge is -2.10. The Bertz CT molecular complexity index is 1040. The van der Waals surface area contributed by atoms with Crippen LogP contribution in [0.15, 0.2) is 47.5 Å². The summed E-state index contributed by atoms with van der Waals surface area (Å²) >= 11 is 5.98. The Hall–Kier alpha value is -2.81. The van der Waals surface area contributed by atoms with E-state index in [1.54, 1.807) is 25.4 Å². The molecule has 3 rings (SSSR count). The van der Waals surface area contributed by atoms with E-state index < -0.39 is 0 Å². The van der Waals surface area contributed by atoms with Gasteiger partial charge in [0.2, 0.25) is 0 Å². The van der Waals surface area contributed by atoms with E-state index >= 15 is 0 Å². The number of hydrogen-bond donors (Lipinski definition) is 1. The number of halogens is 1. The molecule has 0 atom stereocenters. The summed E-state index contributed by atoms with van der Waals surface area (Å²) in [4.78, 5) is 19.4. The number of nitrogens with zero attached hydrogens (tertiary/aromatic N) is 2. The summed E-state index contributed by atoms with van der Waals surface area (Å²) in [6.07, 6.45) is 3.98. The van der Waals surface area contributed by atoms with Gasteiger partial charge in [-0.25, -0.2) is 4.98 Å². The van der Waals surface area contributed by atoms with Crippen LogP contribution in [-0.4, -0.2) is 28.3 Å². The first-order valence-electron chi connectivity index (χ1n) is 8.12. The van der Waals surface area contributed by atoms with E-state index in [9.17, 15) is 4.79 Å². The van der Waals surface area contributed by atoms with Gasteiger partial charge in [-0.3, -0.25) is 4.79 Å². The molecule has 0 saturated heterocycles. The second-order valence-electron chi connectivity index (χ2n) is 5.72. The summed E-state index contributed by atoms with van der Waals surface area (Å²) in [6.45, 7) is 2.35. The Labute approximate surface area is 156 Å². The molecule has 0 spiro atoms. The van der Waals surface area contributed by atoms with E-state index in [0.29, 0.717) is 29.3 Å². The second kappa shape index (κ2) is 8.05. The van der Waals surface area contributed by atoms with Gasteiger partial charge in [-0.2, -0.15) is 0 Å². The van der Waals surface area contributed by atoms with Crippen LogP contribution in [0.5, 0.6) is 0 Å². The van der Waals surface area contributed by atoms with Crippen LogP contribution in [0, 0.1) is 18.8 Å². The SMILES string of the molecule is COCCc1c(-n2cc(C#Cc3cccc(Cl)c3)nc2C)cc[nH]c1=O. The van der Waals surface area contributed by atoms with Gasteiger partial charge in [-0.05, 0) is 37.1 Å². The molecule has 0 aliphatic heterocycles. The summed E-state index contributed by atoms with van der Waals surface area (Å²) in [7, 11) is 1.61. The molecule has 2 aromatic heterocycles. The lowest BCUT2D eigenvalue weighted by atomic mass is 10.1. The largest absolute Gasteiger partial charge is 0.384 e. The predicted octanol–water partition coefficient (Wildman–Crippen LogP) is 3.11. The molecule has 0 amide bonds. The quantitative estimate of drug-likeness (QED) is 0.721. The van der Waals surface area contributed by atoms with Crippen LogP contribution in [0.3, 0.4) is 0 Å². The number of benzene rings is 1. The van der Waals surface area contributed by atoms with Crippen LogP contribution in [0.1, 0.15) is 22.6 Å². The van der Waals surface area contributed by atoms with Crippen LogP contribution >= 0.6 is 11.6 Å². The Morgan fingerprint density at radius 1 is 1.31 bits per heavy atom. The van der Waals surface area contributed by atoms with Crippen molar-refractivity contribution >= 4 is 11.6 Å². The fraction of sp³-hybridized carbons (Fsp3) is 0.200. The van der Waals surface area contributed by atoms with E-state index in [0.717, 1.165) is 17.1 Å². The fourth-order valence-corrected chi connectivity index (χ4v) is 2.84. The van der Waals surface area contributed by atoms with Crippen molar-refractivity contribution in [1.29, 1.82) is 0 Å². The highest BCUT2D eigenvalue weighted by Gasteiger charge is 2.12. The average Bonchev–Trinajstić information content (AvgIpc) is 2.99. The normalized spacial score (nSPS) is 10.4. The smallest absolute Gasteiger partial charge is 0.253 e. The van der Waals surface area contributed by atoms with Crippen LogP contribution < -0.4 is 5.56 Å². The van der Waals surface area contributed by atoms with Crippen molar-refractivity contribution in [2.75, 3.05) is 13.7 Å². The molecule has 2 heterocycles. The van der Waals surface area contributed by atoms with Crippen molar-refractivity contribution in [3.05, 3.63) is 80.7 Å². The van der Waals surface area contributed by atoms with Gasteiger partial charge < -0.3 is 14.3 Å². The van der Waals surface area contributed by atoms with Crippen molar-refractivity contribution in [3.63, 3.8) is 0 Å². The monoisotopic (exact) mass is 367 g/mol. The van der Waals surface area contributed by atoms with Gasteiger partial charge in [0.05, 0.1) is 12.3 Å². The molecule has 0 saturated carbocycles. The number of H-pyrrole nitrogens is 1.